The van der Waals surface area contributed by atoms with Crippen LogP contribution in [-0.2, 0) is 4.79 Å². The van der Waals surface area contributed by atoms with E-state index in [4.69, 9.17) is 0 Å². The number of aliphatic imine (C=N–C) groups is 2. The van der Waals surface area contributed by atoms with Gasteiger partial charge in [0.15, 0.2) is 5.78 Å². The number of fused-ring (bicyclic) bond motifs is 6. The van der Waals surface area contributed by atoms with Gasteiger partial charge in [0.2, 0.25) is 0 Å². The zero-order valence-electron chi connectivity index (χ0n) is 13.2. The van der Waals surface area contributed by atoms with E-state index in [-0.39, 0.29) is 11.8 Å². The molecule has 2 N–H and O–H groups in total. The molecule has 4 aliphatic rings. The molecule has 1 aromatic rings. The van der Waals surface area contributed by atoms with Crippen molar-refractivity contribution in [3.8, 4) is 0 Å². The molecule has 0 fully saturated rings. The zero-order chi connectivity index (χ0) is 16.8. The summed E-state index contributed by atoms with van der Waals surface area (Å²) >= 11 is 0. The topological polar surface area (TPSA) is 69.6 Å². The summed E-state index contributed by atoms with van der Waals surface area (Å²) in [5, 5.41) is 5.12. The van der Waals surface area contributed by atoms with Gasteiger partial charge in [-0.2, -0.15) is 0 Å². The van der Waals surface area contributed by atoms with Gasteiger partial charge in [-0.25, -0.2) is 9.98 Å². The van der Waals surface area contributed by atoms with E-state index in [1.165, 1.54) is 0 Å². The lowest BCUT2D eigenvalue weighted by Gasteiger charge is -2.06. The summed E-state index contributed by atoms with van der Waals surface area (Å²) in [5.41, 5.74) is 4.15. The predicted octanol–water partition coefficient (Wildman–Crippen LogP) is 0.803. The molecule has 0 aromatic carbocycles. The minimum absolute atomic E-state index is 0.0318. The molecule has 5 heterocycles. The Morgan fingerprint density at radius 3 is 2.40 bits per heavy atom. The molecule has 0 saturated heterocycles. The maximum absolute atomic E-state index is 12.2. The maximum Gasteiger partial charge on any atom is 0.183 e. The van der Waals surface area contributed by atoms with Gasteiger partial charge in [-0.15, -0.1) is 0 Å². The first kappa shape index (κ1) is 13.9. The van der Waals surface area contributed by atoms with Crippen LogP contribution in [0.3, 0.4) is 0 Å². The van der Waals surface area contributed by atoms with Crippen molar-refractivity contribution in [1.29, 1.82) is 0 Å². The summed E-state index contributed by atoms with van der Waals surface area (Å²) in [6, 6.07) is 3.59. The molecular formula is C20H14N4O. The van der Waals surface area contributed by atoms with Crippen LogP contribution < -0.4 is 16.0 Å². The highest BCUT2D eigenvalue weighted by atomic mass is 16.1. The van der Waals surface area contributed by atoms with Gasteiger partial charge in [-0.1, -0.05) is 0 Å². The Kier molecular flexibility index (Phi) is 2.94. The SMILES string of the molecule is O=C1C=C2C=c3ccc([nH]3)=CC3=NC(=CC4=NC(=CC1N2)C=C4)C=C3. The Morgan fingerprint density at radius 1 is 0.800 bits per heavy atom. The van der Waals surface area contributed by atoms with Gasteiger partial charge in [0.25, 0.3) is 0 Å². The number of carbonyl (C=O) groups is 1. The van der Waals surface area contributed by atoms with Crippen molar-refractivity contribution in [1.82, 2.24) is 10.3 Å². The van der Waals surface area contributed by atoms with Gasteiger partial charge >= 0.3 is 0 Å². The van der Waals surface area contributed by atoms with Crippen LogP contribution in [0.1, 0.15) is 0 Å². The number of hydrogen-bond acceptors (Lipinski definition) is 4. The third-order valence-corrected chi connectivity index (χ3v) is 4.27. The lowest BCUT2D eigenvalue weighted by atomic mass is 10.2. The van der Waals surface area contributed by atoms with Crippen LogP contribution in [0, 0.1) is 0 Å². The molecule has 0 aliphatic carbocycles. The number of aromatic nitrogens is 1. The first-order valence-electron chi connectivity index (χ1n) is 8.09. The Hall–Kier alpha value is -3.47. The summed E-state index contributed by atoms with van der Waals surface area (Å²) in [7, 11) is 0. The van der Waals surface area contributed by atoms with Crippen molar-refractivity contribution in [2.75, 3.05) is 0 Å². The van der Waals surface area contributed by atoms with Crippen molar-refractivity contribution in [2.24, 2.45) is 9.98 Å². The van der Waals surface area contributed by atoms with E-state index in [0.717, 1.165) is 39.2 Å². The van der Waals surface area contributed by atoms with Crippen LogP contribution in [0.4, 0.5) is 0 Å². The number of aromatic amines is 1. The Morgan fingerprint density at radius 2 is 1.52 bits per heavy atom. The van der Waals surface area contributed by atoms with Gasteiger partial charge < -0.3 is 10.3 Å². The molecule has 8 bridgehead atoms. The van der Waals surface area contributed by atoms with E-state index in [1.807, 2.05) is 60.7 Å². The van der Waals surface area contributed by atoms with Crippen LogP contribution in [0.25, 0.3) is 12.2 Å². The van der Waals surface area contributed by atoms with Crippen molar-refractivity contribution in [2.45, 2.75) is 6.04 Å². The third kappa shape index (κ3) is 2.65. The predicted molar refractivity (Wildman–Crippen MR) is 98.3 cm³/mol. The first-order chi connectivity index (χ1) is 12.2. The monoisotopic (exact) mass is 326 g/mol. The summed E-state index contributed by atoms with van der Waals surface area (Å²) in [4.78, 5) is 24.7. The van der Waals surface area contributed by atoms with E-state index in [0.29, 0.717) is 0 Å². The molecule has 5 nitrogen and oxygen atoms in total. The molecule has 120 valence electrons. The van der Waals surface area contributed by atoms with E-state index < -0.39 is 0 Å². The molecule has 5 heteroatoms. The minimum Gasteiger partial charge on any atom is -0.372 e. The Labute approximate surface area is 143 Å². The largest absolute Gasteiger partial charge is 0.372 e. The lowest BCUT2D eigenvalue weighted by Crippen LogP contribution is -2.26. The number of H-pyrrole nitrogens is 1. The van der Waals surface area contributed by atoms with Crippen molar-refractivity contribution >= 4 is 29.4 Å². The van der Waals surface area contributed by atoms with Gasteiger partial charge in [0.05, 0.1) is 22.8 Å². The molecule has 0 radical (unpaired) electrons. The van der Waals surface area contributed by atoms with Crippen molar-refractivity contribution in [3.63, 3.8) is 0 Å². The number of nitrogens with one attached hydrogen (secondary N) is 2. The Balaban J connectivity index is 1.67. The second-order valence-corrected chi connectivity index (χ2v) is 6.18. The average Bonchev–Trinajstić information content (AvgIpc) is 3.33. The molecule has 25 heavy (non-hydrogen) atoms. The number of carbonyl (C=O) groups excluding carboxylic acids is 1. The van der Waals surface area contributed by atoms with Crippen molar-refractivity contribution in [3.05, 3.63) is 82.5 Å². The smallest absolute Gasteiger partial charge is 0.183 e. The van der Waals surface area contributed by atoms with Crippen molar-refractivity contribution < 1.29 is 4.79 Å². The van der Waals surface area contributed by atoms with Gasteiger partial charge in [-0.05, 0) is 60.7 Å². The fraction of sp³-hybridized carbons (Fsp3) is 0.0500. The normalized spacial score (nSPS) is 23.1. The molecule has 1 unspecified atom stereocenters. The zero-order valence-corrected chi connectivity index (χ0v) is 13.2. The van der Waals surface area contributed by atoms with Crippen LogP contribution in [0.15, 0.2) is 81.7 Å². The van der Waals surface area contributed by atoms with E-state index in [1.54, 1.807) is 6.08 Å². The molecule has 0 amide bonds. The number of rotatable bonds is 0. The fourth-order valence-corrected chi connectivity index (χ4v) is 3.11. The first-order valence-corrected chi connectivity index (χ1v) is 8.09. The van der Waals surface area contributed by atoms with Crippen LogP contribution in [-0.4, -0.2) is 28.2 Å². The average molecular weight is 326 g/mol. The van der Waals surface area contributed by atoms with Gasteiger partial charge in [0, 0.05) is 22.5 Å². The molecular weight excluding hydrogens is 312 g/mol. The molecule has 0 saturated carbocycles. The maximum atomic E-state index is 12.2. The molecule has 5 rings (SSSR count). The highest BCUT2D eigenvalue weighted by Crippen LogP contribution is 2.17. The molecule has 1 aromatic heterocycles. The Bertz CT molecular complexity index is 1130. The molecule has 0 spiro atoms. The second kappa shape index (κ2) is 5.27. The number of ketones is 1. The minimum atomic E-state index is -0.383. The number of nitrogens with zero attached hydrogens (tertiary/aromatic N) is 2. The fourth-order valence-electron chi connectivity index (χ4n) is 3.11. The summed E-state index contributed by atoms with van der Waals surface area (Å²) < 4.78 is 0. The summed E-state index contributed by atoms with van der Waals surface area (Å²) in [5.74, 6) is 0.0318. The van der Waals surface area contributed by atoms with Gasteiger partial charge in [-0.3, -0.25) is 4.79 Å². The summed E-state index contributed by atoms with van der Waals surface area (Å²) in [6.07, 6.45) is 17.1. The van der Waals surface area contributed by atoms with Crippen LogP contribution in [0.5, 0.6) is 0 Å². The quantitative estimate of drug-likeness (QED) is 0.740. The third-order valence-electron chi connectivity index (χ3n) is 4.27. The summed E-state index contributed by atoms with van der Waals surface area (Å²) in [6.45, 7) is 0. The van der Waals surface area contributed by atoms with Crippen LogP contribution >= 0.6 is 0 Å². The number of allylic oxidation sites excluding steroid dienone is 6. The lowest BCUT2D eigenvalue weighted by molar-refractivity contribution is -0.114. The van der Waals surface area contributed by atoms with Gasteiger partial charge in [0.1, 0.15) is 6.04 Å². The standard InChI is InChI=1S/C20H14N4O/c25-20-11-18-9-16-4-3-14(22-16)7-12-1-2-13(21-12)8-15-5-6-17(23-15)10-19(20)24-18/h1-11,19,22,24H. The molecule has 4 aliphatic heterocycles. The second-order valence-electron chi connectivity index (χ2n) is 6.18. The van der Waals surface area contributed by atoms with Crippen LogP contribution in [0.2, 0.25) is 0 Å². The highest BCUT2D eigenvalue weighted by molar-refractivity contribution is 6.19. The number of hydrogen-bond donors (Lipinski definition) is 2. The molecule has 1 atom stereocenters. The van der Waals surface area contributed by atoms with E-state index in [9.17, 15) is 4.79 Å². The highest BCUT2D eigenvalue weighted by Gasteiger charge is 2.22. The van der Waals surface area contributed by atoms with E-state index >= 15 is 0 Å². The van der Waals surface area contributed by atoms with E-state index in [2.05, 4.69) is 20.3 Å².